The zero-order valence-corrected chi connectivity index (χ0v) is 13.4. The lowest BCUT2D eigenvalue weighted by atomic mass is 10.4. The van der Waals surface area contributed by atoms with Crippen molar-refractivity contribution in [1.82, 2.24) is 9.21 Å². The third kappa shape index (κ3) is 3.00. The number of thiophene rings is 1. The molecule has 19 heavy (non-hydrogen) atoms. The Morgan fingerprint density at radius 3 is 2.42 bits per heavy atom. The molecule has 1 saturated heterocycles. The van der Waals surface area contributed by atoms with Crippen molar-refractivity contribution >= 4 is 43.3 Å². The lowest BCUT2D eigenvalue weighted by Gasteiger charge is -2.31. The van der Waals surface area contributed by atoms with Crippen LogP contribution in [-0.4, -0.2) is 61.9 Å². The first-order chi connectivity index (χ1) is 8.82. The zero-order valence-electron chi connectivity index (χ0n) is 10.2. The topological polar surface area (TPSA) is 77.9 Å². The number of piperazine rings is 1. The van der Waals surface area contributed by atoms with Gasteiger partial charge < -0.3 is 10.0 Å². The highest BCUT2D eigenvalue weighted by Crippen LogP contribution is 2.33. The molecule has 1 aliphatic heterocycles. The van der Waals surface area contributed by atoms with Crippen LogP contribution in [0.25, 0.3) is 0 Å². The Morgan fingerprint density at radius 2 is 1.95 bits per heavy atom. The van der Waals surface area contributed by atoms with Gasteiger partial charge in [-0.2, -0.15) is 4.31 Å². The predicted molar refractivity (Wildman–Crippen MR) is 75.2 cm³/mol. The summed E-state index contributed by atoms with van der Waals surface area (Å²) in [5.41, 5.74) is 0. The van der Waals surface area contributed by atoms with Crippen LogP contribution in [0.3, 0.4) is 0 Å². The molecule has 1 aromatic rings. The fourth-order valence-corrected chi connectivity index (χ4v) is 5.58. The van der Waals surface area contributed by atoms with E-state index < -0.39 is 16.0 Å². The monoisotopic (exact) mass is 368 g/mol. The second kappa shape index (κ2) is 5.49. The maximum atomic E-state index is 12.4. The van der Waals surface area contributed by atoms with Crippen molar-refractivity contribution in [1.29, 1.82) is 0 Å². The molecule has 106 valence electrons. The van der Waals surface area contributed by atoms with Gasteiger partial charge >= 0.3 is 5.97 Å². The molecule has 2 heterocycles. The number of hydrogen-bond acceptors (Lipinski definition) is 5. The van der Waals surface area contributed by atoms with E-state index in [2.05, 4.69) is 20.8 Å². The molecule has 0 spiro atoms. The van der Waals surface area contributed by atoms with Crippen LogP contribution in [0.4, 0.5) is 0 Å². The number of carbonyl (C=O) groups is 1. The van der Waals surface area contributed by atoms with Crippen LogP contribution >= 0.6 is 27.3 Å². The summed E-state index contributed by atoms with van der Waals surface area (Å²) in [7, 11) is -1.68. The van der Waals surface area contributed by atoms with Crippen LogP contribution in [0.2, 0.25) is 0 Å². The molecule has 1 aromatic heterocycles. The molecule has 1 N–H and O–H groups in total. The highest BCUT2D eigenvalue weighted by Gasteiger charge is 2.31. The first kappa shape index (κ1) is 14.9. The van der Waals surface area contributed by atoms with E-state index in [1.54, 1.807) is 0 Å². The molecule has 0 unspecified atom stereocenters. The van der Waals surface area contributed by atoms with Gasteiger partial charge in [0, 0.05) is 26.2 Å². The second-order valence-corrected chi connectivity index (χ2v) is 8.54. The molecule has 0 atom stereocenters. The summed E-state index contributed by atoms with van der Waals surface area (Å²) in [6.45, 7) is 2.19. The normalized spacial score (nSPS) is 18.6. The van der Waals surface area contributed by atoms with E-state index in [9.17, 15) is 13.2 Å². The van der Waals surface area contributed by atoms with Gasteiger partial charge in [-0.1, -0.05) is 0 Å². The molecule has 0 aliphatic carbocycles. The van der Waals surface area contributed by atoms with E-state index in [1.807, 2.05) is 7.05 Å². The minimum absolute atomic E-state index is 0.0135. The minimum Gasteiger partial charge on any atom is -0.477 e. The van der Waals surface area contributed by atoms with Crippen molar-refractivity contribution in [2.45, 2.75) is 4.90 Å². The second-order valence-electron chi connectivity index (χ2n) is 4.26. The molecule has 1 fully saturated rings. The number of halogens is 1. The van der Waals surface area contributed by atoms with E-state index in [4.69, 9.17) is 5.11 Å². The summed E-state index contributed by atoms with van der Waals surface area (Å²) in [5, 5.41) is 8.91. The lowest BCUT2D eigenvalue weighted by Crippen LogP contribution is -2.47. The molecule has 0 amide bonds. The standard InChI is InChI=1S/C10H13BrN2O4S2/c1-12-2-4-13(5-3-12)19(16,17)8-6-7(10(14)15)18-9(8)11/h6H,2-5H2,1H3,(H,14,15). The summed E-state index contributed by atoms with van der Waals surface area (Å²) >= 11 is 4.05. The van der Waals surface area contributed by atoms with Gasteiger partial charge in [0.05, 0.1) is 3.79 Å². The molecule has 2 rings (SSSR count). The molecule has 0 bridgehead atoms. The number of likely N-dealkylation sites (N-methyl/N-ethyl adjacent to an activating group) is 1. The largest absolute Gasteiger partial charge is 0.477 e. The fourth-order valence-electron chi connectivity index (χ4n) is 1.80. The molecule has 0 saturated carbocycles. The summed E-state index contributed by atoms with van der Waals surface area (Å²) in [5.74, 6) is -1.12. The van der Waals surface area contributed by atoms with Gasteiger partial charge in [0.25, 0.3) is 0 Å². The van der Waals surface area contributed by atoms with Gasteiger partial charge in [0.1, 0.15) is 9.77 Å². The molecule has 1 aliphatic rings. The number of nitrogens with zero attached hydrogens (tertiary/aromatic N) is 2. The Hall–Kier alpha value is -0.480. The number of aromatic carboxylic acids is 1. The van der Waals surface area contributed by atoms with Gasteiger partial charge in [-0.15, -0.1) is 11.3 Å². The molecule has 6 nitrogen and oxygen atoms in total. The molecular weight excluding hydrogens is 356 g/mol. The number of rotatable bonds is 3. The Labute approximate surface area is 123 Å². The Kier molecular flexibility index (Phi) is 4.31. The maximum absolute atomic E-state index is 12.4. The third-order valence-electron chi connectivity index (χ3n) is 2.95. The highest BCUT2D eigenvalue weighted by atomic mass is 79.9. The van der Waals surface area contributed by atoms with Gasteiger partial charge in [-0.05, 0) is 29.0 Å². The number of carboxylic acids is 1. The molecule has 0 radical (unpaired) electrons. The first-order valence-electron chi connectivity index (χ1n) is 5.53. The summed E-state index contributed by atoms with van der Waals surface area (Å²) in [6, 6.07) is 1.21. The average molecular weight is 369 g/mol. The quantitative estimate of drug-likeness (QED) is 0.865. The van der Waals surface area contributed by atoms with Crippen LogP contribution in [0.1, 0.15) is 9.67 Å². The molecular formula is C10H13BrN2O4S2. The van der Waals surface area contributed by atoms with E-state index in [0.717, 1.165) is 11.3 Å². The van der Waals surface area contributed by atoms with E-state index in [1.165, 1.54) is 10.4 Å². The van der Waals surface area contributed by atoms with Gasteiger partial charge in [0.15, 0.2) is 0 Å². The molecule has 0 aromatic carbocycles. The SMILES string of the molecule is CN1CCN(S(=O)(=O)c2cc(C(=O)O)sc2Br)CC1. The smallest absolute Gasteiger partial charge is 0.345 e. The van der Waals surface area contributed by atoms with Crippen LogP contribution < -0.4 is 0 Å². The van der Waals surface area contributed by atoms with Crippen LogP contribution in [-0.2, 0) is 10.0 Å². The Balaban J connectivity index is 2.32. The van der Waals surface area contributed by atoms with Crippen molar-refractivity contribution in [3.63, 3.8) is 0 Å². The number of sulfonamides is 1. The zero-order chi connectivity index (χ0) is 14.2. The average Bonchev–Trinajstić information content (AvgIpc) is 2.73. The minimum atomic E-state index is -3.62. The van der Waals surface area contributed by atoms with Crippen LogP contribution in [0.5, 0.6) is 0 Å². The maximum Gasteiger partial charge on any atom is 0.345 e. The molecule has 9 heteroatoms. The van der Waals surface area contributed by atoms with Gasteiger partial charge in [-0.25, -0.2) is 13.2 Å². The fraction of sp³-hybridized carbons (Fsp3) is 0.500. The van der Waals surface area contributed by atoms with Crippen molar-refractivity contribution < 1.29 is 18.3 Å². The van der Waals surface area contributed by atoms with Gasteiger partial charge in [-0.3, -0.25) is 0 Å². The van der Waals surface area contributed by atoms with Crippen molar-refractivity contribution in [2.24, 2.45) is 0 Å². The third-order valence-corrected chi connectivity index (χ3v) is 7.09. The van der Waals surface area contributed by atoms with E-state index in [0.29, 0.717) is 30.0 Å². The predicted octanol–water partition coefficient (Wildman–Crippen LogP) is 1.14. The van der Waals surface area contributed by atoms with Crippen LogP contribution in [0, 0.1) is 0 Å². The highest BCUT2D eigenvalue weighted by molar-refractivity contribution is 9.11. The van der Waals surface area contributed by atoms with E-state index in [-0.39, 0.29) is 9.77 Å². The first-order valence-corrected chi connectivity index (χ1v) is 8.58. The van der Waals surface area contributed by atoms with Crippen molar-refractivity contribution in [3.05, 3.63) is 14.7 Å². The Morgan fingerprint density at radius 1 is 1.37 bits per heavy atom. The summed E-state index contributed by atoms with van der Waals surface area (Å²) in [4.78, 5) is 13.0. The van der Waals surface area contributed by atoms with Crippen LogP contribution in [0.15, 0.2) is 14.7 Å². The summed E-state index contributed by atoms with van der Waals surface area (Å²) in [6.07, 6.45) is 0. The Bertz CT molecular complexity index is 591. The van der Waals surface area contributed by atoms with Gasteiger partial charge in [0.2, 0.25) is 10.0 Å². The number of carboxylic acid groups (broad SMARTS) is 1. The van der Waals surface area contributed by atoms with E-state index >= 15 is 0 Å². The number of hydrogen-bond donors (Lipinski definition) is 1. The lowest BCUT2D eigenvalue weighted by molar-refractivity contribution is 0.0702. The van der Waals surface area contributed by atoms with Crippen molar-refractivity contribution in [2.75, 3.05) is 33.2 Å². The summed E-state index contributed by atoms with van der Waals surface area (Å²) < 4.78 is 26.6. The van der Waals surface area contributed by atoms with Crippen molar-refractivity contribution in [3.8, 4) is 0 Å².